The molecule has 3 aromatic heterocycles. The maximum atomic E-state index is 15.7. The van der Waals surface area contributed by atoms with Crippen molar-refractivity contribution in [1.82, 2.24) is 34.7 Å². The molecule has 1 aliphatic rings. The first-order valence-electron chi connectivity index (χ1n) is 12.1. The second-order valence-corrected chi connectivity index (χ2v) is 10.2. The molecule has 4 aromatic rings. The minimum Gasteiger partial charge on any atom is -0.344 e. The third-order valence-electron chi connectivity index (χ3n) is 6.71. The van der Waals surface area contributed by atoms with E-state index in [4.69, 9.17) is 23.2 Å². The minimum atomic E-state index is -1.32. The molecule has 38 heavy (non-hydrogen) atoms. The summed E-state index contributed by atoms with van der Waals surface area (Å²) in [5.74, 6) is -0.286. The van der Waals surface area contributed by atoms with Gasteiger partial charge in [-0.25, -0.2) is 13.9 Å². The molecule has 0 unspecified atom stereocenters. The number of hydrogen-bond donors (Lipinski definition) is 2. The number of hydrogen-bond acceptors (Lipinski definition) is 5. The van der Waals surface area contributed by atoms with Gasteiger partial charge in [-0.15, -0.1) is 5.10 Å². The van der Waals surface area contributed by atoms with Gasteiger partial charge in [0.25, 0.3) is 0 Å². The Morgan fingerprint density at radius 3 is 2.84 bits per heavy atom. The standard InChI is InChI=1S/C26H26Cl2FN7O2/c1-34(22(38)2-6-31-16-37)13-17-10-21-23(32-25(28)33-36(21)14-17)20-12-19(27)11-18-3-9-35(24(18)20)15-26(29)4-7-30-8-5-26/h2-3,6,9-12,14,16,30H,4-5,7-8,13,15H2,1H3,(H,31,37)/b6-2-. The average Bonchev–Trinajstić information content (AvgIpc) is 3.46. The lowest BCUT2D eigenvalue weighted by Crippen LogP contribution is -2.41. The zero-order valence-electron chi connectivity index (χ0n) is 20.6. The molecular formula is C26H26Cl2FN7O2. The first-order valence-corrected chi connectivity index (χ1v) is 12.9. The molecule has 0 atom stereocenters. The minimum absolute atomic E-state index is 0.0356. The van der Waals surface area contributed by atoms with Crippen molar-refractivity contribution in [2.24, 2.45) is 0 Å². The molecular weight excluding hydrogens is 532 g/mol. The predicted molar refractivity (Wildman–Crippen MR) is 145 cm³/mol. The maximum absolute atomic E-state index is 15.7. The number of alkyl halides is 1. The normalized spacial score (nSPS) is 15.4. The molecule has 0 bridgehead atoms. The highest BCUT2D eigenvalue weighted by Crippen LogP contribution is 2.36. The van der Waals surface area contributed by atoms with Crippen LogP contribution in [0, 0.1) is 0 Å². The largest absolute Gasteiger partial charge is 0.344 e. The van der Waals surface area contributed by atoms with Crippen LogP contribution >= 0.6 is 23.2 Å². The lowest BCUT2D eigenvalue weighted by molar-refractivity contribution is -0.125. The predicted octanol–water partition coefficient (Wildman–Crippen LogP) is 3.97. The Labute approximate surface area is 228 Å². The summed E-state index contributed by atoms with van der Waals surface area (Å²) in [7, 11) is 1.65. The summed E-state index contributed by atoms with van der Waals surface area (Å²) < 4.78 is 19.2. The van der Waals surface area contributed by atoms with E-state index in [2.05, 4.69) is 20.7 Å². The first-order chi connectivity index (χ1) is 18.3. The van der Waals surface area contributed by atoms with Gasteiger partial charge in [-0.1, -0.05) is 11.6 Å². The van der Waals surface area contributed by atoms with E-state index < -0.39 is 5.67 Å². The maximum Gasteiger partial charge on any atom is 0.248 e. The fourth-order valence-electron chi connectivity index (χ4n) is 4.91. The van der Waals surface area contributed by atoms with Crippen molar-refractivity contribution in [3.8, 4) is 11.3 Å². The summed E-state index contributed by atoms with van der Waals surface area (Å²) in [5, 5.41) is 11.3. The lowest BCUT2D eigenvalue weighted by Gasteiger charge is -2.30. The average molecular weight is 558 g/mol. The fourth-order valence-corrected chi connectivity index (χ4v) is 5.30. The quantitative estimate of drug-likeness (QED) is 0.252. The van der Waals surface area contributed by atoms with Crippen LogP contribution in [-0.4, -0.2) is 62.2 Å². The number of likely N-dealkylation sites (N-methyl/N-ethyl adjacent to an activating group) is 1. The smallest absolute Gasteiger partial charge is 0.248 e. The third-order valence-corrected chi connectivity index (χ3v) is 7.09. The second-order valence-electron chi connectivity index (χ2n) is 9.46. The molecule has 0 saturated carbocycles. The second kappa shape index (κ2) is 10.7. The molecule has 1 saturated heterocycles. The number of piperidine rings is 1. The number of nitrogens with one attached hydrogen (secondary N) is 2. The summed E-state index contributed by atoms with van der Waals surface area (Å²) >= 11 is 12.8. The third kappa shape index (κ3) is 5.38. The van der Waals surface area contributed by atoms with Gasteiger partial charge in [-0.05, 0) is 67.4 Å². The Balaban J connectivity index is 1.56. The number of benzene rings is 1. The van der Waals surface area contributed by atoms with Gasteiger partial charge in [0.05, 0.1) is 17.6 Å². The highest BCUT2D eigenvalue weighted by molar-refractivity contribution is 6.32. The van der Waals surface area contributed by atoms with Crippen LogP contribution < -0.4 is 10.6 Å². The number of carbonyl (C=O) groups is 2. The van der Waals surface area contributed by atoms with Crippen molar-refractivity contribution < 1.29 is 14.0 Å². The van der Waals surface area contributed by atoms with E-state index >= 15 is 4.39 Å². The number of carbonyl (C=O) groups excluding carboxylic acids is 2. The summed E-state index contributed by atoms with van der Waals surface area (Å²) in [6.45, 7) is 1.78. The molecule has 2 amide bonds. The summed E-state index contributed by atoms with van der Waals surface area (Å²) in [5.41, 5.74) is 2.21. The molecule has 2 N–H and O–H groups in total. The van der Waals surface area contributed by atoms with Crippen LogP contribution in [0.25, 0.3) is 27.7 Å². The SMILES string of the molecule is CN(Cc1cc2c(-c3cc(Cl)cc4ccn(CC5(F)CCNCC5)c34)nc(Cl)nn2c1)C(=O)/C=C\NC=O. The van der Waals surface area contributed by atoms with E-state index in [0.717, 1.165) is 16.5 Å². The Bertz CT molecular complexity index is 1540. The Hall–Kier alpha value is -3.47. The topological polar surface area (TPSA) is 96.6 Å². The van der Waals surface area contributed by atoms with Gasteiger partial charge < -0.3 is 20.1 Å². The van der Waals surface area contributed by atoms with Crippen LogP contribution in [0.4, 0.5) is 4.39 Å². The molecule has 0 radical (unpaired) electrons. The number of amides is 2. The number of halogens is 3. The lowest BCUT2D eigenvalue weighted by atomic mass is 9.94. The zero-order valence-corrected chi connectivity index (χ0v) is 22.1. The first kappa shape index (κ1) is 26.1. The van der Waals surface area contributed by atoms with Crippen molar-refractivity contribution in [3.05, 3.63) is 64.8 Å². The van der Waals surface area contributed by atoms with E-state index in [9.17, 15) is 9.59 Å². The summed E-state index contributed by atoms with van der Waals surface area (Å²) in [6, 6.07) is 7.46. The van der Waals surface area contributed by atoms with E-state index in [-0.39, 0.29) is 24.3 Å². The molecule has 9 nitrogen and oxygen atoms in total. The van der Waals surface area contributed by atoms with Crippen LogP contribution in [0.15, 0.2) is 48.9 Å². The number of fused-ring (bicyclic) bond motifs is 2. The molecule has 1 fully saturated rings. The van der Waals surface area contributed by atoms with E-state index in [0.29, 0.717) is 54.1 Å². The van der Waals surface area contributed by atoms with Crippen molar-refractivity contribution >= 4 is 51.9 Å². The van der Waals surface area contributed by atoms with E-state index in [1.54, 1.807) is 23.8 Å². The van der Waals surface area contributed by atoms with E-state index in [1.165, 1.54) is 17.2 Å². The number of aromatic nitrogens is 4. The van der Waals surface area contributed by atoms with Crippen LogP contribution in [0.1, 0.15) is 18.4 Å². The molecule has 1 aromatic carbocycles. The van der Waals surface area contributed by atoms with Crippen molar-refractivity contribution in [1.29, 1.82) is 0 Å². The Morgan fingerprint density at radius 1 is 1.29 bits per heavy atom. The van der Waals surface area contributed by atoms with Gasteiger partial charge in [0.15, 0.2) is 0 Å². The summed E-state index contributed by atoms with van der Waals surface area (Å²) in [4.78, 5) is 28.8. The van der Waals surface area contributed by atoms with Gasteiger partial charge in [0.2, 0.25) is 17.6 Å². The van der Waals surface area contributed by atoms with Crippen LogP contribution in [0.2, 0.25) is 10.3 Å². The van der Waals surface area contributed by atoms with Gasteiger partial charge in [-0.2, -0.15) is 0 Å². The highest BCUT2D eigenvalue weighted by atomic mass is 35.5. The molecule has 12 heteroatoms. The Morgan fingerprint density at radius 2 is 2.08 bits per heavy atom. The molecule has 0 spiro atoms. The van der Waals surface area contributed by atoms with Crippen molar-refractivity contribution in [2.75, 3.05) is 20.1 Å². The highest BCUT2D eigenvalue weighted by Gasteiger charge is 2.33. The number of rotatable bonds is 8. The van der Waals surface area contributed by atoms with Gasteiger partial charge in [0, 0.05) is 54.2 Å². The molecule has 198 valence electrons. The Kier molecular flexibility index (Phi) is 7.38. The van der Waals surface area contributed by atoms with Gasteiger partial charge in [0.1, 0.15) is 11.4 Å². The molecule has 0 aliphatic carbocycles. The molecule has 5 rings (SSSR count). The van der Waals surface area contributed by atoms with Crippen LogP contribution in [-0.2, 0) is 22.7 Å². The van der Waals surface area contributed by atoms with Gasteiger partial charge in [-0.3, -0.25) is 9.59 Å². The fraction of sp³-hybridized carbons (Fsp3) is 0.308. The monoisotopic (exact) mass is 557 g/mol. The molecule has 1 aliphatic heterocycles. The van der Waals surface area contributed by atoms with Crippen molar-refractivity contribution in [3.63, 3.8) is 0 Å². The summed E-state index contributed by atoms with van der Waals surface area (Å²) in [6.07, 6.45) is 7.56. The number of nitrogens with zero attached hydrogens (tertiary/aromatic N) is 5. The zero-order chi connectivity index (χ0) is 26.9. The van der Waals surface area contributed by atoms with Gasteiger partial charge >= 0.3 is 0 Å². The van der Waals surface area contributed by atoms with Crippen molar-refractivity contribution in [2.45, 2.75) is 31.6 Å². The van der Waals surface area contributed by atoms with E-state index in [1.807, 2.05) is 29.0 Å². The van der Waals surface area contributed by atoms with Crippen LogP contribution in [0.5, 0.6) is 0 Å². The molecule has 4 heterocycles. The van der Waals surface area contributed by atoms with Crippen LogP contribution in [0.3, 0.4) is 0 Å².